The Balaban J connectivity index is 2.55. The average molecular weight is 483 g/mol. The van der Waals surface area contributed by atoms with Gasteiger partial charge in [0.15, 0.2) is 11.5 Å². The molecule has 0 bridgehead atoms. The molecular weight excluding hydrogens is 455 g/mol. The maximum Gasteiger partial charge on any atom is 0.422 e. The second-order valence-electron chi connectivity index (χ2n) is 8.13. The summed E-state index contributed by atoms with van der Waals surface area (Å²) < 4.78 is 16.5. The Hall–Kier alpha value is -2.51. The number of halogens is 2. The molecule has 0 aliphatic heterocycles. The van der Waals surface area contributed by atoms with Gasteiger partial charge in [-0.05, 0) is 52.5 Å². The third-order valence-corrected chi connectivity index (χ3v) is 5.06. The number of hydrogen-bond acceptors (Lipinski definition) is 6. The van der Waals surface area contributed by atoms with Gasteiger partial charge in [-0.25, -0.2) is 14.7 Å². The highest BCUT2D eigenvalue weighted by molar-refractivity contribution is 6.37. The van der Waals surface area contributed by atoms with Crippen LogP contribution in [0.15, 0.2) is 46.8 Å². The van der Waals surface area contributed by atoms with Crippen LogP contribution >= 0.6 is 23.2 Å². The van der Waals surface area contributed by atoms with Gasteiger partial charge in [-0.15, -0.1) is 0 Å². The predicted octanol–water partition coefficient (Wildman–Crippen LogP) is 6.04. The summed E-state index contributed by atoms with van der Waals surface area (Å²) in [6, 6.07) is 1.42. The van der Waals surface area contributed by atoms with Crippen LogP contribution in [0.25, 0.3) is 0 Å². The molecule has 0 saturated heterocycles. The summed E-state index contributed by atoms with van der Waals surface area (Å²) in [4.78, 5) is 31.5. The Morgan fingerprint density at radius 1 is 1.28 bits per heavy atom. The van der Waals surface area contributed by atoms with E-state index in [1.807, 2.05) is 0 Å². The molecule has 32 heavy (non-hydrogen) atoms. The molecule has 1 aliphatic rings. The number of aromatic nitrogens is 1. The molecule has 1 aromatic rings. The smallest absolute Gasteiger partial charge is 0.422 e. The van der Waals surface area contributed by atoms with Gasteiger partial charge in [0.25, 0.3) is 5.91 Å². The highest BCUT2D eigenvalue weighted by atomic mass is 35.5. The standard InChI is InChI=1S/C23H28Cl2N2O5/c1-7-15(24)20(16(25)8-2)27(22(29)32-23(3,4)5)21(28)17-11-18(19(30-6)12-26-17)31-13-14-9-10-14/h7-8,11-12,14H,1,9-10,13H2,2-6H3/b16-8+,20-15-. The first-order valence-electron chi connectivity index (χ1n) is 10.1. The first kappa shape index (κ1) is 25.7. The highest BCUT2D eigenvalue weighted by Gasteiger charge is 2.35. The molecule has 174 valence electrons. The Bertz CT molecular complexity index is 946. The minimum Gasteiger partial charge on any atom is -0.491 e. The lowest BCUT2D eigenvalue weighted by Crippen LogP contribution is -2.41. The monoisotopic (exact) mass is 482 g/mol. The molecule has 1 heterocycles. The van der Waals surface area contributed by atoms with E-state index in [9.17, 15) is 9.59 Å². The van der Waals surface area contributed by atoms with Crippen LogP contribution in [0, 0.1) is 5.92 Å². The van der Waals surface area contributed by atoms with Crippen molar-refractivity contribution in [3.05, 3.63) is 52.4 Å². The molecule has 0 radical (unpaired) electrons. The summed E-state index contributed by atoms with van der Waals surface area (Å²) in [5.41, 5.74) is -1.02. The zero-order valence-corrected chi connectivity index (χ0v) is 20.4. The maximum atomic E-state index is 13.5. The summed E-state index contributed by atoms with van der Waals surface area (Å²) >= 11 is 12.6. The van der Waals surface area contributed by atoms with E-state index < -0.39 is 17.6 Å². The van der Waals surface area contributed by atoms with Crippen molar-refractivity contribution in [1.82, 2.24) is 9.88 Å². The Labute approximate surface area is 198 Å². The minimum atomic E-state index is -0.962. The van der Waals surface area contributed by atoms with Gasteiger partial charge in [0.05, 0.1) is 35.7 Å². The number of methoxy groups -OCH3 is 1. The number of nitrogens with zero attached hydrogens (tertiary/aromatic N) is 2. The van der Waals surface area contributed by atoms with Crippen LogP contribution in [0.5, 0.6) is 11.5 Å². The lowest BCUT2D eigenvalue weighted by molar-refractivity contribution is 0.0301. The molecule has 0 N–H and O–H groups in total. The van der Waals surface area contributed by atoms with Crippen LogP contribution in [0.4, 0.5) is 4.79 Å². The molecule has 0 unspecified atom stereocenters. The molecule has 7 nitrogen and oxygen atoms in total. The molecular formula is C23H28Cl2N2O5. The van der Waals surface area contributed by atoms with Gasteiger partial charge in [-0.3, -0.25) is 4.79 Å². The van der Waals surface area contributed by atoms with Crippen molar-refractivity contribution in [1.29, 1.82) is 0 Å². The van der Waals surface area contributed by atoms with E-state index in [0.717, 1.165) is 17.7 Å². The van der Waals surface area contributed by atoms with E-state index in [0.29, 0.717) is 24.0 Å². The summed E-state index contributed by atoms with van der Waals surface area (Å²) in [5, 5.41) is 0.0545. The van der Waals surface area contributed by atoms with E-state index in [4.69, 9.17) is 37.4 Å². The zero-order chi connectivity index (χ0) is 24.1. The lowest BCUT2D eigenvalue weighted by Gasteiger charge is -2.28. The maximum absolute atomic E-state index is 13.5. The number of carbonyl (C=O) groups is 2. The third kappa shape index (κ3) is 6.74. The van der Waals surface area contributed by atoms with E-state index in [2.05, 4.69) is 11.6 Å². The van der Waals surface area contributed by atoms with Crippen molar-refractivity contribution >= 4 is 35.2 Å². The highest BCUT2D eigenvalue weighted by Crippen LogP contribution is 2.34. The van der Waals surface area contributed by atoms with Crippen molar-refractivity contribution in [3.8, 4) is 11.5 Å². The van der Waals surface area contributed by atoms with Gasteiger partial charge in [0, 0.05) is 6.07 Å². The van der Waals surface area contributed by atoms with Crippen LogP contribution in [-0.4, -0.2) is 41.2 Å². The molecule has 1 saturated carbocycles. The van der Waals surface area contributed by atoms with Gasteiger partial charge in [0.2, 0.25) is 0 Å². The number of imide groups is 1. The van der Waals surface area contributed by atoms with Crippen LogP contribution in [0.1, 0.15) is 51.0 Å². The van der Waals surface area contributed by atoms with Crippen molar-refractivity contribution < 1.29 is 23.8 Å². The summed E-state index contributed by atoms with van der Waals surface area (Å²) in [6.45, 7) is 10.8. The van der Waals surface area contributed by atoms with Gasteiger partial charge in [-0.1, -0.05) is 35.9 Å². The van der Waals surface area contributed by atoms with Gasteiger partial charge in [0.1, 0.15) is 11.3 Å². The molecule has 9 heteroatoms. The Morgan fingerprint density at radius 2 is 1.94 bits per heavy atom. The summed E-state index contributed by atoms with van der Waals surface area (Å²) in [5.74, 6) is 0.407. The van der Waals surface area contributed by atoms with Gasteiger partial charge >= 0.3 is 6.09 Å². The minimum absolute atomic E-state index is 0.00831. The van der Waals surface area contributed by atoms with Crippen LogP contribution < -0.4 is 9.47 Å². The van der Waals surface area contributed by atoms with Crippen molar-refractivity contribution in [2.24, 2.45) is 5.92 Å². The van der Waals surface area contributed by atoms with E-state index in [-0.39, 0.29) is 21.5 Å². The summed E-state index contributed by atoms with van der Waals surface area (Å²) in [7, 11) is 1.48. The lowest BCUT2D eigenvalue weighted by atomic mass is 10.2. The first-order valence-corrected chi connectivity index (χ1v) is 10.9. The van der Waals surface area contributed by atoms with Crippen molar-refractivity contribution in [2.75, 3.05) is 13.7 Å². The molecule has 1 fully saturated rings. The molecule has 1 aliphatic carbocycles. The number of carbonyl (C=O) groups excluding carboxylic acids is 2. The quantitative estimate of drug-likeness (QED) is 0.420. The molecule has 2 amide bonds. The van der Waals surface area contributed by atoms with Crippen molar-refractivity contribution in [2.45, 2.75) is 46.1 Å². The normalized spacial score (nSPS) is 14.9. The number of pyridine rings is 1. The molecule has 2 rings (SSSR count). The average Bonchev–Trinajstić information content (AvgIpc) is 3.57. The Kier molecular flexibility index (Phi) is 8.75. The van der Waals surface area contributed by atoms with Crippen LogP contribution in [0.3, 0.4) is 0 Å². The number of hydrogen-bond donors (Lipinski definition) is 0. The predicted molar refractivity (Wildman–Crippen MR) is 124 cm³/mol. The second kappa shape index (κ2) is 10.9. The fourth-order valence-electron chi connectivity index (χ4n) is 2.56. The third-order valence-electron chi connectivity index (χ3n) is 4.33. The number of rotatable bonds is 8. The summed E-state index contributed by atoms with van der Waals surface area (Å²) in [6.07, 6.45) is 5.37. The fraction of sp³-hybridized carbons (Fsp3) is 0.435. The van der Waals surface area contributed by atoms with E-state index in [1.54, 1.807) is 27.7 Å². The van der Waals surface area contributed by atoms with Crippen LogP contribution in [-0.2, 0) is 4.74 Å². The zero-order valence-electron chi connectivity index (χ0n) is 18.9. The largest absolute Gasteiger partial charge is 0.491 e. The van der Waals surface area contributed by atoms with Gasteiger partial charge in [-0.2, -0.15) is 0 Å². The fourth-order valence-corrected chi connectivity index (χ4v) is 2.98. The number of ether oxygens (including phenoxy) is 3. The van der Waals surface area contributed by atoms with Crippen molar-refractivity contribution in [3.63, 3.8) is 0 Å². The molecule has 0 aromatic carbocycles. The number of amides is 2. The first-order chi connectivity index (χ1) is 15.0. The topological polar surface area (TPSA) is 78.0 Å². The van der Waals surface area contributed by atoms with E-state index in [1.165, 1.54) is 31.5 Å². The van der Waals surface area contributed by atoms with Crippen LogP contribution in [0.2, 0.25) is 0 Å². The van der Waals surface area contributed by atoms with E-state index >= 15 is 0 Å². The molecule has 0 atom stereocenters. The SMILES string of the molecule is C=C/C(Cl)=C(\C(Cl)=C/C)N(C(=O)OC(C)(C)C)C(=O)c1cc(OCC2CC2)c(OC)cn1. The van der Waals surface area contributed by atoms with Gasteiger partial charge < -0.3 is 14.2 Å². The molecule has 1 aromatic heterocycles. The Morgan fingerprint density at radius 3 is 2.44 bits per heavy atom. The second-order valence-corrected chi connectivity index (χ2v) is 8.95. The number of allylic oxidation sites excluding steroid dienone is 4. The molecule has 0 spiro atoms.